The number of esters is 1. The van der Waals surface area contributed by atoms with Crippen LogP contribution in [-0.2, 0) is 21.4 Å². The number of nitrogens with zero attached hydrogens (tertiary/aromatic N) is 1. The Balaban J connectivity index is 2.39. The molecule has 1 unspecified atom stereocenters. The molecular weight excluding hydrogens is 341 g/mol. The summed E-state index contributed by atoms with van der Waals surface area (Å²) in [5, 5.41) is 2.08. The molecule has 1 aromatic carbocycles. The van der Waals surface area contributed by atoms with E-state index in [-0.39, 0.29) is 5.56 Å². The number of Topliss-reactive ketones (excluding diaryl/α,β-unsaturated/α-hetero) is 1. The number of hydrogen-bond acceptors (Lipinski definition) is 4. The lowest BCUT2D eigenvalue weighted by Crippen LogP contribution is -2.47. The SMILES string of the molecule is COC(=O)CC(NC(=O)C(F)(F)F)C(=O)c1cn(C)c2ccccc12. The first kappa shape index (κ1) is 18.5. The van der Waals surface area contributed by atoms with Crippen LogP contribution in [-0.4, -0.2) is 41.6 Å². The number of ketones is 1. The first-order chi connectivity index (χ1) is 11.6. The van der Waals surface area contributed by atoms with Crippen LogP contribution in [0.25, 0.3) is 10.9 Å². The van der Waals surface area contributed by atoms with Crippen molar-refractivity contribution in [2.75, 3.05) is 7.11 Å². The number of nitrogens with one attached hydrogen (secondary N) is 1. The summed E-state index contributed by atoms with van der Waals surface area (Å²) < 4.78 is 43.6. The standard InChI is InChI=1S/C16H15F3N2O4/c1-21-8-10(9-5-3-4-6-12(9)21)14(23)11(7-13(22)25-2)20-15(24)16(17,18)19/h3-6,8,11H,7H2,1-2H3,(H,20,24). The largest absolute Gasteiger partial charge is 0.471 e. The molecule has 0 bridgehead atoms. The molecule has 1 aromatic heterocycles. The Morgan fingerprint density at radius 1 is 1.24 bits per heavy atom. The lowest BCUT2D eigenvalue weighted by atomic mass is 10.0. The van der Waals surface area contributed by atoms with Gasteiger partial charge in [0.25, 0.3) is 0 Å². The number of benzene rings is 1. The molecule has 134 valence electrons. The van der Waals surface area contributed by atoms with Crippen LogP contribution in [0.2, 0.25) is 0 Å². The molecule has 0 spiro atoms. The molecule has 0 saturated carbocycles. The summed E-state index contributed by atoms with van der Waals surface area (Å²) in [5.74, 6) is -4.02. The van der Waals surface area contributed by atoms with Gasteiger partial charge in [0.2, 0.25) is 0 Å². The molecule has 2 rings (SSSR count). The molecule has 6 nitrogen and oxygen atoms in total. The fraction of sp³-hybridized carbons (Fsp3) is 0.312. The predicted molar refractivity (Wildman–Crippen MR) is 81.9 cm³/mol. The number of aromatic nitrogens is 1. The highest BCUT2D eigenvalue weighted by atomic mass is 19.4. The Morgan fingerprint density at radius 2 is 1.88 bits per heavy atom. The predicted octanol–water partition coefficient (Wildman–Crippen LogP) is 1.97. The summed E-state index contributed by atoms with van der Waals surface area (Å²) in [7, 11) is 2.70. The van der Waals surface area contributed by atoms with Crippen LogP contribution in [0.3, 0.4) is 0 Å². The minimum atomic E-state index is -5.17. The van der Waals surface area contributed by atoms with Crippen LogP contribution < -0.4 is 5.32 Å². The number of para-hydroxylation sites is 1. The van der Waals surface area contributed by atoms with Crippen molar-refractivity contribution in [2.45, 2.75) is 18.6 Å². The number of fused-ring (bicyclic) bond motifs is 1. The van der Waals surface area contributed by atoms with Crippen LogP contribution >= 0.6 is 0 Å². The van der Waals surface area contributed by atoms with Gasteiger partial charge in [-0.3, -0.25) is 14.4 Å². The lowest BCUT2D eigenvalue weighted by molar-refractivity contribution is -0.174. The number of ether oxygens (including phenoxy) is 1. The number of hydrogen-bond donors (Lipinski definition) is 1. The molecule has 0 radical (unpaired) electrons. The van der Waals surface area contributed by atoms with Crippen molar-refractivity contribution >= 4 is 28.6 Å². The van der Waals surface area contributed by atoms with Crippen LogP contribution in [0.5, 0.6) is 0 Å². The Hall–Kier alpha value is -2.84. The van der Waals surface area contributed by atoms with Crippen LogP contribution in [0.1, 0.15) is 16.8 Å². The second-order valence-electron chi connectivity index (χ2n) is 5.34. The van der Waals surface area contributed by atoms with E-state index in [2.05, 4.69) is 4.74 Å². The van der Waals surface area contributed by atoms with E-state index in [1.165, 1.54) is 6.20 Å². The number of rotatable bonds is 5. The maximum Gasteiger partial charge on any atom is 0.471 e. The molecule has 1 amide bonds. The number of carbonyl (C=O) groups excluding carboxylic acids is 3. The number of aryl methyl sites for hydroxylation is 1. The van der Waals surface area contributed by atoms with Crippen molar-refractivity contribution in [1.29, 1.82) is 0 Å². The minimum absolute atomic E-state index is 0.106. The van der Waals surface area contributed by atoms with Gasteiger partial charge in [-0.25, -0.2) is 0 Å². The second kappa shape index (κ2) is 6.96. The highest BCUT2D eigenvalue weighted by Crippen LogP contribution is 2.23. The number of amides is 1. The second-order valence-corrected chi connectivity index (χ2v) is 5.34. The van der Waals surface area contributed by atoms with Crippen molar-refractivity contribution in [2.24, 2.45) is 7.05 Å². The van der Waals surface area contributed by atoms with Gasteiger partial charge in [-0.2, -0.15) is 13.2 Å². The van der Waals surface area contributed by atoms with Crippen molar-refractivity contribution in [1.82, 2.24) is 9.88 Å². The van der Waals surface area contributed by atoms with E-state index in [1.807, 2.05) is 0 Å². The summed E-state index contributed by atoms with van der Waals surface area (Å²) in [6.07, 6.45) is -4.44. The topological polar surface area (TPSA) is 77.4 Å². The number of methoxy groups -OCH3 is 1. The molecule has 25 heavy (non-hydrogen) atoms. The van der Waals surface area contributed by atoms with E-state index < -0.39 is 36.3 Å². The third-order valence-electron chi connectivity index (χ3n) is 3.64. The Kier molecular flexibility index (Phi) is 5.15. The maximum absolute atomic E-state index is 12.7. The average molecular weight is 356 g/mol. The zero-order valence-electron chi connectivity index (χ0n) is 13.4. The highest BCUT2D eigenvalue weighted by Gasteiger charge is 2.41. The molecule has 1 N–H and O–H groups in total. The summed E-state index contributed by atoms with van der Waals surface area (Å²) in [5.41, 5.74) is 0.791. The number of halogens is 3. The third-order valence-corrected chi connectivity index (χ3v) is 3.64. The first-order valence-electron chi connectivity index (χ1n) is 7.18. The van der Waals surface area contributed by atoms with Gasteiger partial charge in [-0.1, -0.05) is 18.2 Å². The zero-order valence-corrected chi connectivity index (χ0v) is 13.4. The fourth-order valence-electron chi connectivity index (χ4n) is 2.43. The summed E-state index contributed by atoms with van der Waals surface area (Å²) >= 11 is 0. The van der Waals surface area contributed by atoms with Gasteiger partial charge >= 0.3 is 18.1 Å². The molecule has 1 heterocycles. The van der Waals surface area contributed by atoms with Crippen molar-refractivity contribution in [3.8, 4) is 0 Å². The summed E-state index contributed by atoms with van der Waals surface area (Å²) in [4.78, 5) is 35.3. The fourth-order valence-corrected chi connectivity index (χ4v) is 2.43. The van der Waals surface area contributed by atoms with E-state index in [0.717, 1.165) is 7.11 Å². The molecule has 0 aliphatic rings. The van der Waals surface area contributed by atoms with Crippen molar-refractivity contribution in [3.05, 3.63) is 36.0 Å². The highest BCUT2D eigenvalue weighted by molar-refractivity contribution is 6.12. The van der Waals surface area contributed by atoms with E-state index in [0.29, 0.717) is 10.9 Å². The number of carbonyl (C=O) groups is 3. The number of alkyl halides is 3. The lowest BCUT2D eigenvalue weighted by Gasteiger charge is -2.17. The van der Waals surface area contributed by atoms with Gasteiger partial charge in [-0.15, -0.1) is 0 Å². The Labute approximate surface area is 140 Å². The monoisotopic (exact) mass is 356 g/mol. The molecule has 1 atom stereocenters. The zero-order chi connectivity index (χ0) is 18.8. The van der Waals surface area contributed by atoms with Crippen molar-refractivity contribution in [3.63, 3.8) is 0 Å². The minimum Gasteiger partial charge on any atom is -0.469 e. The van der Waals surface area contributed by atoms with Gasteiger partial charge in [0.1, 0.15) is 6.04 Å². The van der Waals surface area contributed by atoms with Crippen molar-refractivity contribution < 1.29 is 32.3 Å². The average Bonchev–Trinajstić information content (AvgIpc) is 2.89. The van der Waals surface area contributed by atoms with E-state index in [1.54, 1.807) is 41.2 Å². The quantitative estimate of drug-likeness (QED) is 0.656. The first-order valence-corrected chi connectivity index (χ1v) is 7.18. The Morgan fingerprint density at radius 3 is 2.48 bits per heavy atom. The molecule has 0 aliphatic carbocycles. The Bertz CT molecular complexity index is 826. The smallest absolute Gasteiger partial charge is 0.469 e. The van der Waals surface area contributed by atoms with Crippen LogP contribution in [0.15, 0.2) is 30.5 Å². The molecule has 2 aromatic rings. The van der Waals surface area contributed by atoms with Gasteiger partial charge in [0.15, 0.2) is 5.78 Å². The third kappa shape index (κ3) is 3.98. The van der Waals surface area contributed by atoms with Gasteiger partial charge < -0.3 is 14.6 Å². The molecular formula is C16H15F3N2O4. The van der Waals surface area contributed by atoms with Crippen LogP contribution in [0, 0.1) is 0 Å². The normalized spacial score (nSPS) is 12.7. The molecule has 0 saturated heterocycles. The molecule has 9 heteroatoms. The van der Waals surface area contributed by atoms with E-state index in [9.17, 15) is 27.6 Å². The van der Waals surface area contributed by atoms with Crippen LogP contribution in [0.4, 0.5) is 13.2 Å². The van der Waals surface area contributed by atoms with E-state index in [4.69, 9.17) is 0 Å². The van der Waals surface area contributed by atoms with E-state index >= 15 is 0 Å². The summed E-state index contributed by atoms with van der Waals surface area (Å²) in [6, 6.07) is 5.09. The molecule has 0 fully saturated rings. The van der Waals surface area contributed by atoms with Gasteiger partial charge in [0, 0.05) is 29.7 Å². The summed E-state index contributed by atoms with van der Waals surface area (Å²) in [6.45, 7) is 0. The van der Waals surface area contributed by atoms with Gasteiger partial charge in [-0.05, 0) is 6.07 Å². The molecule has 0 aliphatic heterocycles. The maximum atomic E-state index is 12.7. The van der Waals surface area contributed by atoms with Gasteiger partial charge in [0.05, 0.1) is 13.5 Å².